The molecule has 0 radical (unpaired) electrons. The van der Waals surface area contributed by atoms with Crippen LogP contribution >= 0.6 is 0 Å². The number of carbonyl (C=O) groups is 1. The van der Waals surface area contributed by atoms with Gasteiger partial charge >= 0.3 is 5.69 Å². The van der Waals surface area contributed by atoms with Gasteiger partial charge in [0.25, 0.3) is 5.56 Å². The number of rotatable bonds is 6. The van der Waals surface area contributed by atoms with Crippen LogP contribution < -0.4 is 16.1 Å². The van der Waals surface area contributed by atoms with E-state index in [1.54, 1.807) is 21.9 Å². The smallest absolute Gasteiger partial charge is 0.350 e. The molecule has 5 rings (SSSR count). The second kappa shape index (κ2) is 11.2. The molecule has 0 saturated carbocycles. The fourth-order valence-corrected chi connectivity index (χ4v) is 6.35. The van der Waals surface area contributed by atoms with Gasteiger partial charge in [0, 0.05) is 38.1 Å². The largest absolute Gasteiger partial charge is 0.355 e. The first-order valence-electron chi connectivity index (χ1n) is 13.7. The Hall–Kier alpha value is -4.65. The van der Waals surface area contributed by atoms with E-state index in [-0.39, 0.29) is 63.1 Å². The second-order valence-corrected chi connectivity index (χ2v) is 12.8. The Labute approximate surface area is 247 Å². The van der Waals surface area contributed by atoms with E-state index in [9.17, 15) is 22.8 Å². The summed E-state index contributed by atoms with van der Waals surface area (Å²) in [6.07, 6.45) is 3.67. The van der Waals surface area contributed by atoms with Gasteiger partial charge in [-0.15, -0.1) is 0 Å². The Morgan fingerprint density at radius 2 is 1.91 bits per heavy atom. The third-order valence-electron chi connectivity index (χ3n) is 7.54. The van der Waals surface area contributed by atoms with Crippen molar-refractivity contribution in [1.82, 2.24) is 24.4 Å². The number of carbonyl (C=O) groups excluding carboxylic acids is 1. The minimum atomic E-state index is -3.86. The number of H-pyrrole nitrogens is 1. The maximum Gasteiger partial charge on any atom is 0.355 e. The van der Waals surface area contributed by atoms with E-state index in [2.05, 4.69) is 21.5 Å². The minimum absolute atomic E-state index is 0.0651. The first kappa shape index (κ1) is 29.8. The second-order valence-electron chi connectivity index (χ2n) is 10.8. The van der Waals surface area contributed by atoms with Crippen molar-refractivity contribution in [3.05, 3.63) is 87.5 Å². The van der Waals surface area contributed by atoms with Crippen molar-refractivity contribution < 1.29 is 17.6 Å². The summed E-state index contributed by atoms with van der Waals surface area (Å²) in [6.45, 7) is 10.00. The molecular formula is C30H31FN6O5S. The van der Waals surface area contributed by atoms with Crippen molar-refractivity contribution in [2.24, 2.45) is 0 Å². The van der Waals surface area contributed by atoms with Crippen LogP contribution in [0, 0.1) is 5.82 Å². The highest BCUT2D eigenvalue weighted by atomic mass is 32.2. The number of anilines is 1. The Bertz CT molecular complexity index is 2000. The molecule has 1 saturated heterocycles. The molecule has 13 heteroatoms. The lowest BCUT2D eigenvalue weighted by molar-refractivity contribution is -0.126. The van der Waals surface area contributed by atoms with Gasteiger partial charge in [-0.25, -0.2) is 27.2 Å². The number of para-hydroxylation sites is 1. The van der Waals surface area contributed by atoms with Crippen LogP contribution in [-0.4, -0.2) is 70.7 Å². The number of hydrogen-bond acceptors (Lipinski definition) is 8. The van der Waals surface area contributed by atoms with Crippen LogP contribution in [0.4, 0.5) is 10.2 Å². The lowest BCUT2D eigenvalue weighted by atomic mass is 10.0. The molecular weight excluding hydrogens is 575 g/mol. The van der Waals surface area contributed by atoms with E-state index in [0.717, 1.165) is 16.9 Å². The summed E-state index contributed by atoms with van der Waals surface area (Å²) in [5.74, 6) is -1.14. The third-order valence-corrected chi connectivity index (χ3v) is 8.66. The van der Waals surface area contributed by atoms with Crippen molar-refractivity contribution in [2.45, 2.75) is 37.6 Å². The molecule has 4 aromatic rings. The Balaban J connectivity index is 1.88. The van der Waals surface area contributed by atoms with Crippen molar-refractivity contribution in [1.29, 1.82) is 0 Å². The number of halogens is 1. The molecule has 3 aromatic heterocycles. The zero-order chi connectivity index (χ0) is 31.2. The number of fused-ring (bicyclic) bond motifs is 1. The number of aromatic nitrogens is 4. The average molecular weight is 607 g/mol. The van der Waals surface area contributed by atoms with Crippen LogP contribution in [0.2, 0.25) is 0 Å². The molecule has 1 N–H and O–H groups in total. The number of benzene rings is 1. The van der Waals surface area contributed by atoms with Gasteiger partial charge < -0.3 is 14.8 Å². The summed E-state index contributed by atoms with van der Waals surface area (Å²) >= 11 is 0. The zero-order valence-electron chi connectivity index (χ0n) is 24.2. The zero-order valence-corrected chi connectivity index (χ0v) is 25.0. The number of amides is 1. The standard InChI is InChI=1S/C30H31FN6O5S/c1-6-24(38)35-13-14-36(18(4)16-35)27-21-15-22(31)25(20-10-8-12-32-29(20)39)33-28(21)37(30(40)34-27)26-19(17(2)3)9-7-11-23(26)43(5,41)42/h6-12,15,17-18H,1,13-14,16H2,2-5H3,(H,32,39)/t18-/m0/s1. The summed E-state index contributed by atoms with van der Waals surface area (Å²) in [5.41, 5.74) is -1.26. The first-order chi connectivity index (χ1) is 20.3. The summed E-state index contributed by atoms with van der Waals surface area (Å²) < 4.78 is 42.9. The van der Waals surface area contributed by atoms with Crippen LogP contribution in [0.1, 0.15) is 32.3 Å². The highest BCUT2D eigenvalue weighted by Crippen LogP contribution is 2.34. The number of hydrogen-bond donors (Lipinski definition) is 1. The van der Waals surface area contributed by atoms with Crippen LogP contribution in [0.3, 0.4) is 0 Å². The molecule has 0 aliphatic carbocycles. The predicted molar refractivity (Wildman–Crippen MR) is 162 cm³/mol. The van der Waals surface area contributed by atoms with E-state index in [1.807, 2.05) is 20.8 Å². The first-order valence-corrected chi connectivity index (χ1v) is 15.5. The lowest BCUT2D eigenvalue weighted by Gasteiger charge is -2.40. The summed E-state index contributed by atoms with van der Waals surface area (Å²) in [4.78, 5) is 53.6. The van der Waals surface area contributed by atoms with Crippen molar-refractivity contribution >= 4 is 32.6 Å². The molecule has 1 aliphatic rings. The van der Waals surface area contributed by atoms with Crippen LogP contribution in [0.25, 0.3) is 28.0 Å². The monoisotopic (exact) mass is 606 g/mol. The fourth-order valence-electron chi connectivity index (χ4n) is 5.47. The minimum Gasteiger partial charge on any atom is -0.350 e. The summed E-state index contributed by atoms with van der Waals surface area (Å²) in [7, 11) is -3.86. The average Bonchev–Trinajstić information content (AvgIpc) is 2.96. The Morgan fingerprint density at radius 3 is 2.53 bits per heavy atom. The maximum absolute atomic E-state index is 15.8. The molecule has 11 nitrogen and oxygen atoms in total. The van der Waals surface area contributed by atoms with E-state index in [0.29, 0.717) is 18.7 Å². The molecule has 0 spiro atoms. The molecule has 0 bridgehead atoms. The van der Waals surface area contributed by atoms with Gasteiger partial charge in [0.05, 0.1) is 21.5 Å². The van der Waals surface area contributed by atoms with E-state index in [1.165, 1.54) is 30.5 Å². The number of pyridine rings is 2. The van der Waals surface area contributed by atoms with Gasteiger partial charge in [-0.3, -0.25) is 9.59 Å². The molecule has 43 heavy (non-hydrogen) atoms. The Kier molecular flexibility index (Phi) is 7.78. The highest BCUT2D eigenvalue weighted by molar-refractivity contribution is 7.90. The number of aromatic amines is 1. The van der Waals surface area contributed by atoms with Crippen LogP contribution in [-0.2, 0) is 14.6 Å². The van der Waals surface area contributed by atoms with Crippen LogP contribution in [0.5, 0.6) is 0 Å². The molecule has 1 atom stereocenters. The normalized spacial score (nSPS) is 15.7. The van der Waals surface area contributed by atoms with Gasteiger partial charge in [0.1, 0.15) is 11.5 Å². The third kappa shape index (κ3) is 5.36. The number of piperazine rings is 1. The molecule has 0 unspecified atom stereocenters. The fraction of sp³-hybridized carbons (Fsp3) is 0.300. The summed E-state index contributed by atoms with van der Waals surface area (Å²) in [5, 5.41) is 0.140. The van der Waals surface area contributed by atoms with Gasteiger partial charge in [0.2, 0.25) is 5.91 Å². The van der Waals surface area contributed by atoms with Crippen molar-refractivity contribution in [3.8, 4) is 16.9 Å². The molecule has 1 amide bonds. The van der Waals surface area contributed by atoms with E-state index in [4.69, 9.17) is 0 Å². The van der Waals surface area contributed by atoms with E-state index < -0.39 is 26.9 Å². The molecule has 1 aliphatic heterocycles. The van der Waals surface area contributed by atoms with Crippen LogP contribution in [0.15, 0.2) is 69.7 Å². The Morgan fingerprint density at radius 1 is 1.16 bits per heavy atom. The molecule has 4 heterocycles. The van der Waals surface area contributed by atoms with Gasteiger partial charge in [0.15, 0.2) is 21.3 Å². The van der Waals surface area contributed by atoms with Gasteiger partial charge in [-0.05, 0) is 48.7 Å². The predicted octanol–water partition coefficient (Wildman–Crippen LogP) is 3.03. The van der Waals surface area contributed by atoms with E-state index >= 15 is 4.39 Å². The van der Waals surface area contributed by atoms with Gasteiger partial charge in [-0.2, -0.15) is 4.98 Å². The topological polar surface area (TPSA) is 138 Å². The quantitative estimate of drug-likeness (QED) is 0.331. The number of nitrogens with one attached hydrogen (secondary N) is 1. The highest BCUT2D eigenvalue weighted by Gasteiger charge is 2.31. The number of sulfone groups is 1. The number of nitrogens with zero attached hydrogens (tertiary/aromatic N) is 5. The lowest BCUT2D eigenvalue weighted by Crippen LogP contribution is -2.54. The summed E-state index contributed by atoms with van der Waals surface area (Å²) in [6, 6.07) is 8.47. The van der Waals surface area contributed by atoms with Crippen molar-refractivity contribution in [2.75, 3.05) is 30.8 Å². The molecule has 1 fully saturated rings. The SMILES string of the molecule is C=CC(=O)N1CCN(c2nc(=O)n(-c3c(C(C)C)cccc3S(C)(=O)=O)c3nc(-c4ccc[nH]c4=O)c(F)cc23)[C@@H](C)C1. The molecule has 1 aromatic carbocycles. The van der Waals surface area contributed by atoms with Gasteiger partial charge in [-0.1, -0.05) is 32.6 Å². The van der Waals surface area contributed by atoms with Crippen molar-refractivity contribution in [3.63, 3.8) is 0 Å². The maximum atomic E-state index is 15.8. The molecule has 224 valence electrons.